The topological polar surface area (TPSA) is 50.9 Å². The first-order chi connectivity index (χ1) is 9.49. The highest BCUT2D eigenvalue weighted by Gasteiger charge is 2.41. The minimum absolute atomic E-state index is 0.0463. The average molecular weight is 316 g/mol. The average Bonchev–Trinajstić information content (AvgIpc) is 2.91. The summed E-state index contributed by atoms with van der Waals surface area (Å²) in [5, 5.41) is 15.0. The second kappa shape index (κ2) is 5.91. The fraction of sp³-hybridized carbons (Fsp3) is 0.231. The zero-order chi connectivity index (χ0) is 14.8. The highest BCUT2D eigenvalue weighted by atomic mass is 35.5. The summed E-state index contributed by atoms with van der Waals surface area (Å²) in [5.74, 6) is 0. The molecule has 2 unspecified atom stereocenters. The number of alkyl halides is 1. The van der Waals surface area contributed by atoms with Gasteiger partial charge in [0.2, 0.25) is 6.30 Å². The third-order valence-corrected chi connectivity index (χ3v) is 3.46. The number of aromatic nitrogens is 3. The van der Waals surface area contributed by atoms with Gasteiger partial charge in [0.15, 0.2) is 0 Å². The Morgan fingerprint density at radius 3 is 2.80 bits per heavy atom. The molecule has 2 aromatic rings. The Bertz CT molecular complexity index is 606. The Morgan fingerprint density at radius 1 is 1.50 bits per heavy atom. The molecule has 2 rings (SSSR count). The van der Waals surface area contributed by atoms with Crippen LogP contribution in [0.15, 0.2) is 43.5 Å². The zero-order valence-electron chi connectivity index (χ0n) is 10.4. The van der Waals surface area contributed by atoms with E-state index >= 15 is 0 Å². The summed E-state index contributed by atoms with van der Waals surface area (Å²) in [7, 11) is 0. The summed E-state index contributed by atoms with van der Waals surface area (Å²) in [4.78, 5) is 3.67. The molecule has 0 saturated carbocycles. The van der Waals surface area contributed by atoms with Crippen molar-refractivity contribution < 1.29 is 9.50 Å². The van der Waals surface area contributed by atoms with Gasteiger partial charge in [0, 0.05) is 22.0 Å². The smallest absolute Gasteiger partial charge is 0.226 e. The van der Waals surface area contributed by atoms with Crippen molar-refractivity contribution in [2.45, 2.75) is 18.3 Å². The molecule has 0 saturated heterocycles. The van der Waals surface area contributed by atoms with Gasteiger partial charge in [-0.25, -0.2) is 14.1 Å². The largest absolute Gasteiger partial charge is 0.380 e. The van der Waals surface area contributed by atoms with Crippen molar-refractivity contribution >= 4 is 23.2 Å². The van der Waals surface area contributed by atoms with Gasteiger partial charge in [0.1, 0.15) is 18.3 Å². The summed E-state index contributed by atoms with van der Waals surface area (Å²) in [6.45, 7) is 3.54. The lowest BCUT2D eigenvalue weighted by atomic mass is 9.89. The second-order valence-corrected chi connectivity index (χ2v) is 5.10. The molecule has 1 heterocycles. The maximum absolute atomic E-state index is 14.6. The fourth-order valence-corrected chi connectivity index (χ4v) is 2.52. The normalized spacial score (nSPS) is 15.6. The van der Waals surface area contributed by atoms with E-state index in [2.05, 4.69) is 16.7 Å². The van der Waals surface area contributed by atoms with E-state index in [0.717, 1.165) is 4.68 Å². The Morgan fingerprint density at radius 2 is 2.25 bits per heavy atom. The van der Waals surface area contributed by atoms with Gasteiger partial charge in [0.05, 0.1) is 0 Å². The van der Waals surface area contributed by atoms with Gasteiger partial charge in [0.25, 0.3) is 0 Å². The summed E-state index contributed by atoms with van der Waals surface area (Å²) >= 11 is 11.9. The summed E-state index contributed by atoms with van der Waals surface area (Å²) in [6, 6.07) is 4.46. The first kappa shape index (κ1) is 15.0. The van der Waals surface area contributed by atoms with E-state index in [9.17, 15) is 9.50 Å². The number of benzene rings is 1. The molecular weight excluding hydrogens is 304 g/mol. The third-order valence-electron chi connectivity index (χ3n) is 2.92. The highest BCUT2D eigenvalue weighted by molar-refractivity contribution is 6.35. The molecule has 0 radical (unpaired) electrons. The van der Waals surface area contributed by atoms with Gasteiger partial charge in [-0.15, -0.1) is 6.58 Å². The standard InChI is InChI=1S/C13H12Cl2FN3O/c1-2-5-13(20,12(16)19-8-17-7-18-19)10-4-3-9(14)6-11(10)15/h2-4,6-8,12,20H,1,5H2. The van der Waals surface area contributed by atoms with Crippen LogP contribution in [0, 0.1) is 0 Å². The molecule has 0 amide bonds. The molecule has 7 heteroatoms. The fourth-order valence-electron chi connectivity index (χ4n) is 1.95. The third kappa shape index (κ3) is 2.70. The van der Waals surface area contributed by atoms with Gasteiger partial charge in [-0.05, 0) is 12.1 Å². The number of halogens is 3. The van der Waals surface area contributed by atoms with Crippen LogP contribution in [0.5, 0.6) is 0 Å². The van der Waals surface area contributed by atoms with Crippen molar-refractivity contribution in [2.75, 3.05) is 0 Å². The van der Waals surface area contributed by atoms with Gasteiger partial charge in [-0.3, -0.25) is 0 Å². The SMILES string of the molecule is C=CCC(O)(c1ccc(Cl)cc1Cl)C(F)n1cncn1. The lowest BCUT2D eigenvalue weighted by molar-refractivity contribution is -0.0789. The lowest BCUT2D eigenvalue weighted by Crippen LogP contribution is -2.35. The minimum Gasteiger partial charge on any atom is -0.380 e. The van der Waals surface area contributed by atoms with E-state index in [1.165, 1.54) is 36.9 Å². The van der Waals surface area contributed by atoms with Crippen LogP contribution in [0.2, 0.25) is 10.0 Å². The molecule has 106 valence electrons. The molecule has 2 atom stereocenters. The van der Waals surface area contributed by atoms with Crippen LogP contribution in [0.3, 0.4) is 0 Å². The summed E-state index contributed by atoms with van der Waals surface area (Å²) in [5.41, 5.74) is -1.69. The monoisotopic (exact) mass is 315 g/mol. The predicted molar refractivity (Wildman–Crippen MR) is 75.3 cm³/mol. The van der Waals surface area contributed by atoms with Crippen molar-refractivity contribution in [3.63, 3.8) is 0 Å². The van der Waals surface area contributed by atoms with Crippen molar-refractivity contribution in [3.05, 3.63) is 59.1 Å². The van der Waals surface area contributed by atoms with Crippen LogP contribution in [0.1, 0.15) is 18.3 Å². The molecule has 1 aromatic carbocycles. The van der Waals surface area contributed by atoms with Gasteiger partial charge >= 0.3 is 0 Å². The van der Waals surface area contributed by atoms with E-state index in [0.29, 0.717) is 5.02 Å². The molecular formula is C13H12Cl2FN3O. The molecule has 20 heavy (non-hydrogen) atoms. The molecule has 1 aromatic heterocycles. The Hall–Kier alpha value is -1.43. The molecule has 1 N–H and O–H groups in total. The molecule has 0 fully saturated rings. The minimum atomic E-state index is -1.91. The predicted octanol–water partition coefficient (Wildman–Crippen LogP) is 3.52. The number of rotatable bonds is 5. The summed E-state index contributed by atoms with van der Waals surface area (Å²) < 4.78 is 15.6. The van der Waals surface area contributed by atoms with Crippen molar-refractivity contribution in [2.24, 2.45) is 0 Å². The number of hydrogen-bond donors (Lipinski definition) is 1. The van der Waals surface area contributed by atoms with Crippen molar-refractivity contribution in [1.29, 1.82) is 0 Å². The van der Waals surface area contributed by atoms with Crippen molar-refractivity contribution in [1.82, 2.24) is 14.8 Å². The Kier molecular flexibility index (Phi) is 4.42. The maximum Gasteiger partial charge on any atom is 0.226 e. The second-order valence-electron chi connectivity index (χ2n) is 4.25. The van der Waals surface area contributed by atoms with Crippen LogP contribution < -0.4 is 0 Å². The molecule has 0 aliphatic carbocycles. The summed E-state index contributed by atoms with van der Waals surface area (Å²) in [6.07, 6.45) is 1.87. The van der Waals surface area contributed by atoms with E-state index in [1.54, 1.807) is 0 Å². The molecule has 4 nitrogen and oxygen atoms in total. The molecule has 0 spiro atoms. The van der Waals surface area contributed by atoms with E-state index < -0.39 is 11.9 Å². The van der Waals surface area contributed by atoms with Crippen LogP contribution in [-0.4, -0.2) is 19.9 Å². The van der Waals surface area contributed by atoms with Gasteiger partial charge in [-0.2, -0.15) is 5.10 Å². The number of hydrogen-bond acceptors (Lipinski definition) is 3. The Labute approximate surface area is 125 Å². The van der Waals surface area contributed by atoms with Crippen molar-refractivity contribution in [3.8, 4) is 0 Å². The molecule has 0 bridgehead atoms. The van der Waals surface area contributed by atoms with Gasteiger partial charge < -0.3 is 5.11 Å². The zero-order valence-corrected chi connectivity index (χ0v) is 11.9. The van der Waals surface area contributed by atoms with Crippen LogP contribution >= 0.6 is 23.2 Å². The maximum atomic E-state index is 14.6. The van der Waals surface area contributed by atoms with Crippen LogP contribution in [0.4, 0.5) is 4.39 Å². The molecule has 0 aliphatic rings. The quantitative estimate of drug-likeness (QED) is 0.859. The van der Waals surface area contributed by atoms with E-state index in [4.69, 9.17) is 23.2 Å². The Balaban J connectivity index is 2.50. The first-order valence-corrected chi connectivity index (χ1v) is 6.51. The van der Waals surface area contributed by atoms with Gasteiger partial charge in [-0.1, -0.05) is 35.3 Å². The van der Waals surface area contributed by atoms with E-state index in [1.807, 2.05) is 0 Å². The molecule has 0 aliphatic heterocycles. The van der Waals surface area contributed by atoms with Crippen LogP contribution in [0.25, 0.3) is 0 Å². The van der Waals surface area contributed by atoms with E-state index in [-0.39, 0.29) is 17.0 Å². The lowest BCUT2D eigenvalue weighted by Gasteiger charge is -2.31. The highest BCUT2D eigenvalue weighted by Crippen LogP contribution is 2.41. The number of nitrogens with zero attached hydrogens (tertiary/aromatic N) is 3. The number of aliphatic hydroxyl groups is 1. The van der Waals surface area contributed by atoms with Crippen LogP contribution in [-0.2, 0) is 5.60 Å². The first-order valence-electron chi connectivity index (χ1n) is 5.76.